The first kappa shape index (κ1) is 13.8. The second-order valence-corrected chi connectivity index (χ2v) is 5.59. The molecule has 0 atom stereocenters. The molecular weight excluding hydrogens is 312 g/mol. The van der Waals surface area contributed by atoms with E-state index in [1.807, 2.05) is 48.5 Å². The normalized spacial score (nSPS) is 12.1. The minimum absolute atomic E-state index is 0.444. The maximum absolute atomic E-state index is 9.26. The van der Waals surface area contributed by atoms with E-state index in [0.717, 1.165) is 16.2 Å². The van der Waals surface area contributed by atoms with Crippen molar-refractivity contribution in [3.63, 3.8) is 0 Å². The molecule has 0 aliphatic carbocycles. The predicted molar refractivity (Wildman–Crippen MR) is 89.3 cm³/mol. The van der Waals surface area contributed by atoms with Gasteiger partial charge in [0, 0.05) is 28.1 Å². The van der Waals surface area contributed by atoms with Crippen LogP contribution in [0.5, 0.6) is 0 Å². The van der Waals surface area contributed by atoms with Crippen LogP contribution >= 0.6 is 11.6 Å². The third-order valence-electron chi connectivity index (χ3n) is 3.69. The third kappa shape index (κ3) is 2.43. The van der Waals surface area contributed by atoms with Crippen LogP contribution in [-0.4, -0.2) is 10.2 Å². The summed E-state index contributed by atoms with van der Waals surface area (Å²) < 4.78 is 5.90. The monoisotopic (exact) mass is 322 g/mol. The van der Waals surface area contributed by atoms with Crippen molar-refractivity contribution in [3.8, 4) is 11.5 Å². The molecule has 0 aliphatic heterocycles. The number of fused-ring (bicyclic) bond motifs is 2. The predicted octanol–water partition coefficient (Wildman–Crippen LogP) is 4.59. The molecular formula is C18H11ClN2O2. The fourth-order valence-corrected chi connectivity index (χ4v) is 2.75. The topological polar surface area (TPSA) is 58.6 Å². The molecule has 4 nitrogen and oxygen atoms in total. The molecule has 0 fully saturated rings. The first-order valence-electron chi connectivity index (χ1n) is 7.01. The first-order valence-corrected chi connectivity index (χ1v) is 7.39. The van der Waals surface area contributed by atoms with Crippen LogP contribution in [0.2, 0.25) is 5.02 Å². The summed E-state index contributed by atoms with van der Waals surface area (Å²) in [6.07, 6.45) is 1.75. The van der Waals surface area contributed by atoms with E-state index in [9.17, 15) is 5.21 Å². The van der Waals surface area contributed by atoms with Gasteiger partial charge in [0.25, 0.3) is 0 Å². The van der Waals surface area contributed by atoms with Gasteiger partial charge < -0.3 is 9.62 Å². The van der Waals surface area contributed by atoms with Crippen molar-refractivity contribution in [2.24, 2.45) is 5.16 Å². The van der Waals surface area contributed by atoms with Crippen LogP contribution in [0.15, 0.2) is 70.4 Å². The maximum Gasteiger partial charge on any atom is 0.155 e. The van der Waals surface area contributed by atoms with Crippen molar-refractivity contribution < 1.29 is 9.62 Å². The highest BCUT2D eigenvalue weighted by Gasteiger charge is 2.08. The number of halogens is 1. The Morgan fingerprint density at radius 3 is 2.74 bits per heavy atom. The van der Waals surface area contributed by atoms with Crippen molar-refractivity contribution in [3.05, 3.63) is 71.2 Å². The molecule has 2 heterocycles. The highest BCUT2D eigenvalue weighted by Crippen LogP contribution is 2.25. The van der Waals surface area contributed by atoms with Gasteiger partial charge in [-0.25, -0.2) is 0 Å². The molecule has 5 heteroatoms. The number of pyridine rings is 1. The third-order valence-corrected chi connectivity index (χ3v) is 3.93. The molecule has 0 aliphatic rings. The van der Waals surface area contributed by atoms with E-state index in [2.05, 4.69) is 10.1 Å². The highest BCUT2D eigenvalue weighted by atomic mass is 35.5. The van der Waals surface area contributed by atoms with Gasteiger partial charge >= 0.3 is 0 Å². The number of aromatic nitrogens is 1. The van der Waals surface area contributed by atoms with Crippen LogP contribution in [0.1, 0.15) is 0 Å². The summed E-state index contributed by atoms with van der Waals surface area (Å²) in [4.78, 5) is 4.42. The SMILES string of the molecule is ON=c1cc(-c2cc3ccc(Cl)cc3cn2)oc2ccccc12. The van der Waals surface area contributed by atoms with Crippen LogP contribution in [-0.2, 0) is 0 Å². The van der Waals surface area contributed by atoms with Crippen LogP contribution in [0, 0.1) is 0 Å². The molecule has 0 saturated heterocycles. The van der Waals surface area contributed by atoms with E-state index in [4.69, 9.17) is 16.0 Å². The van der Waals surface area contributed by atoms with Crippen molar-refractivity contribution >= 4 is 33.3 Å². The van der Waals surface area contributed by atoms with Gasteiger partial charge in [0.05, 0.1) is 0 Å². The Kier molecular flexibility index (Phi) is 3.24. The van der Waals surface area contributed by atoms with Crippen LogP contribution in [0.3, 0.4) is 0 Å². The van der Waals surface area contributed by atoms with Gasteiger partial charge in [-0.3, -0.25) is 4.98 Å². The largest absolute Gasteiger partial charge is 0.454 e. The highest BCUT2D eigenvalue weighted by molar-refractivity contribution is 6.31. The molecule has 4 rings (SSSR count). The van der Waals surface area contributed by atoms with Gasteiger partial charge in [0.2, 0.25) is 0 Å². The summed E-state index contributed by atoms with van der Waals surface area (Å²) in [5.74, 6) is 0.536. The van der Waals surface area contributed by atoms with Gasteiger partial charge in [0.15, 0.2) is 5.76 Å². The summed E-state index contributed by atoms with van der Waals surface area (Å²) in [5.41, 5.74) is 1.30. The smallest absolute Gasteiger partial charge is 0.155 e. The molecule has 0 spiro atoms. The Morgan fingerprint density at radius 1 is 1.00 bits per heavy atom. The molecule has 0 bridgehead atoms. The molecule has 0 amide bonds. The second-order valence-electron chi connectivity index (χ2n) is 5.15. The molecule has 0 unspecified atom stereocenters. The Hall–Kier alpha value is -2.85. The molecule has 0 saturated carbocycles. The van der Waals surface area contributed by atoms with Gasteiger partial charge in [-0.15, -0.1) is 0 Å². The summed E-state index contributed by atoms with van der Waals surface area (Å²) in [6.45, 7) is 0. The lowest BCUT2D eigenvalue weighted by Gasteiger charge is -2.05. The van der Waals surface area contributed by atoms with E-state index in [1.165, 1.54) is 0 Å². The molecule has 2 aromatic carbocycles. The number of para-hydroxylation sites is 1. The van der Waals surface area contributed by atoms with Gasteiger partial charge in [-0.05, 0) is 35.7 Å². The maximum atomic E-state index is 9.26. The number of benzene rings is 2. The van der Waals surface area contributed by atoms with Crippen molar-refractivity contribution in [2.75, 3.05) is 0 Å². The summed E-state index contributed by atoms with van der Waals surface area (Å²) in [5, 5.41) is 16.4. The van der Waals surface area contributed by atoms with Gasteiger partial charge in [-0.1, -0.05) is 35.0 Å². The number of hydrogen-bond acceptors (Lipinski definition) is 4. The Balaban J connectivity index is 1.97. The zero-order valence-corrected chi connectivity index (χ0v) is 12.7. The van der Waals surface area contributed by atoms with E-state index >= 15 is 0 Å². The minimum atomic E-state index is 0.444. The summed E-state index contributed by atoms with van der Waals surface area (Å²) in [6, 6.07) is 16.6. The summed E-state index contributed by atoms with van der Waals surface area (Å²) >= 11 is 5.99. The summed E-state index contributed by atoms with van der Waals surface area (Å²) in [7, 11) is 0. The Labute approximate surface area is 136 Å². The van der Waals surface area contributed by atoms with E-state index in [1.54, 1.807) is 12.3 Å². The van der Waals surface area contributed by atoms with E-state index < -0.39 is 0 Å². The molecule has 2 aromatic heterocycles. The van der Waals surface area contributed by atoms with Crippen LogP contribution < -0.4 is 5.36 Å². The number of nitrogens with zero attached hydrogens (tertiary/aromatic N) is 2. The van der Waals surface area contributed by atoms with E-state index in [0.29, 0.717) is 27.4 Å². The lowest BCUT2D eigenvalue weighted by molar-refractivity contribution is 0.302. The van der Waals surface area contributed by atoms with Gasteiger partial charge in [0.1, 0.15) is 16.6 Å². The molecule has 0 radical (unpaired) electrons. The van der Waals surface area contributed by atoms with Crippen LogP contribution in [0.4, 0.5) is 0 Å². The quantitative estimate of drug-likeness (QED) is 0.412. The van der Waals surface area contributed by atoms with Gasteiger partial charge in [-0.2, -0.15) is 0 Å². The fourth-order valence-electron chi connectivity index (χ4n) is 2.57. The molecule has 4 aromatic rings. The Bertz CT molecular complexity index is 1100. The average molecular weight is 323 g/mol. The standard InChI is InChI=1S/C18H11ClN2O2/c19-13-6-5-11-8-16(20-10-12(11)7-13)18-9-15(21-22)14-3-1-2-4-17(14)23-18/h1-10,22H. The zero-order chi connectivity index (χ0) is 15.8. The first-order chi connectivity index (χ1) is 11.2. The van der Waals surface area contributed by atoms with Crippen molar-refractivity contribution in [2.45, 2.75) is 0 Å². The second kappa shape index (κ2) is 5.41. The van der Waals surface area contributed by atoms with Crippen LogP contribution in [0.25, 0.3) is 33.2 Å². The number of rotatable bonds is 1. The molecule has 23 heavy (non-hydrogen) atoms. The van der Waals surface area contributed by atoms with E-state index in [-0.39, 0.29) is 0 Å². The zero-order valence-electron chi connectivity index (χ0n) is 11.9. The molecule has 1 N–H and O–H groups in total. The minimum Gasteiger partial charge on any atom is -0.454 e. The lowest BCUT2D eigenvalue weighted by Crippen LogP contribution is -2.03. The van der Waals surface area contributed by atoms with Crippen molar-refractivity contribution in [1.29, 1.82) is 0 Å². The number of hydrogen-bond donors (Lipinski definition) is 1. The molecule has 112 valence electrons. The fraction of sp³-hybridized carbons (Fsp3) is 0. The Morgan fingerprint density at radius 2 is 1.87 bits per heavy atom. The lowest BCUT2D eigenvalue weighted by atomic mass is 10.1. The average Bonchev–Trinajstić information content (AvgIpc) is 2.60. The van der Waals surface area contributed by atoms with Crippen molar-refractivity contribution in [1.82, 2.24) is 4.98 Å².